The topological polar surface area (TPSA) is 77.7 Å². The van der Waals surface area contributed by atoms with Crippen LogP contribution in [0.1, 0.15) is 35.0 Å². The van der Waals surface area contributed by atoms with Crippen molar-refractivity contribution >= 4 is 5.91 Å². The average Bonchev–Trinajstić information content (AvgIpc) is 3.29. The number of nitrogens with zero attached hydrogens (tertiary/aromatic N) is 3. The molecule has 4 rings (SSSR count). The number of likely N-dealkylation sites (tertiary alicyclic amines) is 1. The van der Waals surface area contributed by atoms with Gasteiger partial charge in [0.1, 0.15) is 0 Å². The lowest BCUT2D eigenvalue weighted by molar-refractivity contribution is 0.0695. The van der Waals surface area contributed by atoms with Gasteiger partial charge in [0.15, 0.2) is 11.5 Å². The second-order valence-electron chi connectivity index (χ2n) is 6.98. The first-order chi connectivity index (χ1) is 14.2. The molecule has 1 aromatic heterocycles. The molecular weight excluding hydrogens is 370 g/mol. The molecule has 7 heteroatoms. The Hall–Kier alpha value is -3.35. The summed E-state index contributed by atoms with van der Waals surface area (Å²) in [5, 5.41) is 4.13. The molecule has 1 atom stereocenters. The van der Waals surface area contributed by atoms with E-state index in [4.69, 9.17) is 14.0 Å². The minimum atomic E-state index is 0.0257. The molecule has 1 unspecified atom stereocenters. The molecule has 0 N–H and O–H groups in total. The predicted molar refractivity (Wildman–Crippen MR) is 107 cm³/mol. The van der Waals surface area contributed by atoms with Crippen molar-refractivity contribution in [2.45, 2.75) is 18.8 Å². The van der Waals surface area contributed by atoms with Crippen LogP contribution in [0.15, 0.2) is 53.1 Å². The predicted octanol–water partition coefficient (Wildman–Crippen LogP) is 3.77. The van der Waals surface area contributed by atoms with Gasteiger partial charge in [0.2, 0.25) is 11.7 Å². The van der Waals surface area contributed by atoms with Gasteiger partial charge in [0, 0.05) is 24.2 Å². The molecule has 3 aromatic rings. The molecule has 0 saturated carbocycles. The number of piperidine rings is 1. The Balaban J connectivity index is 1.51. The first kappa shape index (κ1) is 19.0. The van der Waals surface area contributed by atoms with Crippen LogP contribution in [0, 0.1) is 0 Å². The van der Waals surface area contributed by atoms with Crippen LogP contribution in [0.25, 0.3) is 11.4 Å². The van der Waals surface area contributed by atoms with Crippen molar-refractivity contribution in [3.8, 4) is 22.9 Å². The van der Waals surface area contributed by atoms with Crippen molar-refractivity contribution in [1.82, 2.24) is 15.0 Å². The Kier molecular flexibility index (Phi) is 5.46. The summed E-state index contributed by atoms with van der Waals surface area (Å²) in [6, 6.07) is 14.8. The summed E-state index contributed by atoms with van der Waals surface area (Å²) in [5.74, 6) is 2.36. The van der Waals surface area contributed by atoms with Crippen LogP contribution in [-0.4, -0.2) is 48.3 Å². The Labute approximate surface area is 169 Å². The second kappa shape index (κ2) is 8.34. The molecule has 0 bridgehead atoms. The number of ether oxygens (including phenoxy) is 2. The smallest absolute Gasteiger partial charge is 0.253 e. The maximum Gasteiger partial charge on any atom is 0.253 e. The monoisotopic (exact) mass is 393 g/mol. The molecule has 7 nitrogen and oxygen atoms in total. The average molecular weight is 393 g/mol. The Morgan fingerprint density at radius 3 is 2.66 bits per heavy atom. The summed E-state index contributed by atoms with van der Waals surface area (Å²) in [6.07, 6.45) is 1.81. The van der Waals surface area contributed by atoms with E-state index in [1.807, 2.05) is 53.4 Å². The van der Waals surface area contributed by atoms with Gasteiger partial charge in [-0.1, -0.05) is 23.4 Å². The van der Waals surface area contributed by atoms with Crippen molar-refractivity contribution in [3.05, 3.63) is 60.0 Å². The SMILES string of the molecule is COc1ccc(-c2noc(C3CCCN(C(=O)c4ccccc4)C3)n2)cc1OC. The largest absolute Gasteiger partial charge is 0.493 e. The Morgan fingerprint density at radius 1 is 1.10 bits per heavy atom. The highest BCUT2D eigenvalue weighted by Gasteiger charge is 2.29. The van der Waals surface area contributed by atoms with E-state index in [1.54, 1.807) is 14.2 Å². The molecule has 0 aliphatic carbocycles. The molecule has 29 heavy (non-hydrogen) atoms. The summed E-state index contributed by atoms with van der Waals surface area (Å²) in [4.78, 5) is 19.2. The quantitative estimate of drug-likeness (QED) is 0.657. The zero-order valence-electron chi connectivity index (χ0n) is 16.5. The zero-order chi connectivity index (χ0) is 20.2. The summed E-state index contributed by atoms with van der Waals surface area (Å²) < 4.78 is 16.2. The standard InChI is InChI=1S/C22H23N3O4/c1-27-18-11-10-16(13-19(18)28-2)20-23-21(29-24-20)17-9-6-12-25(14-17)22(26)15-7-4-3-5-8-15/h3-5,7-8,10-11,13,17H,6,9,12,14H2,1-2H3. The number of amides is 1. The van der Waals surface area contributed by atoms with Crippen LogP contribution in [-0.2, 0) is 0 Å². The van der Waals surface area contributed by atoms with E-state index < -0.39 is 0 Å². The van der Waals surface area contributed by atoms with Crippen LogP contribution >= 0.6 is 0 Å². The van der Waals surface area contributed by atoms with Gasteiger partial charge in [-0.2, -0.15) is 4.98 Å². The van der Waals surface area contributed by atoms with Crippen molar-refractivity contribution in [2.24, 2.45) is 0 Å². The number of hydrogen-bond acceptors (Lipinski definition) is 6. The van der Waals surface area contributed by atoms with Gasteiger partial charge in [-0.3, -0.25) is 4.79 Å². The van der Waals surface area contributed by atoms with Crippen LogP contribution < -0.4 is 9.47 Å². The molecule has 1 aliphatic heterocycles. The van der Waals surface area contributed by atoms with E-state index in [9.17, 15) is 4.79 Å². The van der Waals surface area contributed by atoms with E-state index in [2.05, 4.69) is 10.1 Å². The third-order valence-corrected chi connectivity index (χ3v) is 5.16. The number of hydrogen-bond donors (Lipinski definition) is 0. The zero-order valence-corrected chi connectivity index (χ0v) is 16.5. The fourth-order valence-electron chi connectivity index (χ4n) is 3.62. The number of carbonyl (C=O) groups is 1. The van der Waals surface area contributed by atoms with Crippen molar-refractivity contribution in [2.75, 3.05) is 27.3 Å². The first-order valence-corrected chi connectivity index (χ1v) is 9.60. The number of carbonyl (C=O) groups excluding carboxylic acids is 1. The Bertz CT molecular complexity index is 987. The molecular formula is C22H23N3O4. The normalized spacial score (nSPS) is 16.5. The molecule has 2 aromatic carbocycles. The number of benzene rings is 2. The van der Waals surface area contributed by atoms with E-state index in [0.717, 1.165) is 24.9 Å². The van der Waals surface area contributed by atoms with Crippen LogP contribution in [0.2, 0.25) is 0 Å². The van der Waals surface area contributed by atoms with Gasteiger partial charge in [-0.25, -0.2) is 0 Å². The first-order valence-electron chi connectivity index (χ1n) is 9.60. The van der Waals surface area contributed by atoms with Gasteiger partial charge in [0.25, 0.3) is 5.91 Å². The third kappa shape index (κ3) is 3.94. The number of aromatic nitrogens is 2. The Morgan fingerprint density at radius 2 is 1.90 bits per heavy atom. The van der Waals surface area contributed by atoms with Gasteiger partial charge in [-0.05, 0) is 43.2 Å². The molecule has 150 valence electrons. The molecule has 1 amide bonds. The molecule has 0 radical (unpaired) electrons. The summed E-state index contributed by atoms with van der Waals surface area (Å²) >= 11 is 0. The van der Waals surface area contributed by atoms with Gasteiger partial charge in [0.05, 0.1) is 20.1 Å². The van der Waals surface area contributed by atoms with Crippen molar-refractivity contribution < 1.29 is 18.8 Å². The van der Waals surface area contributed by atoms with Crippen LogP contribution in [0.4, 0.5) is 0 Å². The lowest BCUT2D eigenvalue weighted by Crippen LogP contribution is -2.39. The maximum atomic E-state index is 12.8. The minimum Gasteiger partial charge on any atom is -0.493 e. The van der Waals surface area contributed by atoms with Crippen molar-refractivity contribution in [3.63, 3.8) is 0 Å². The highest BCUT2D eigenvalue weighted by molar-refractivity contribution is 5.94. The maximum absolute atomic E-state index is 12.8. The third-order valence-electron chi connectivity index (χ3n) is 5.16. The molecule has 1 aliphatic rings. The van der Waals surface area contributed by atoms with E-state index >= 15 is 0 Å². The van der Waals surface area contributed by atoms with Gasteiger partial charge >= 0.3 is 0 Å². The van der Waals surface area contributed by atoms with Gasteiger partial charge in [-0.15, -0.1) is 0 Å². The van der Waals surface area contributed by atoms with Crippen molar-refractivity contribution in [1.29, 1.82) is 0 Å². The second-order valence-corrected chi connectivity index (χ2v) is 6.98. The summed E-state index contributed by atoms with van der Waals surface area (Å²) in [7, 11) is 3.18. The highest BCUT2D eigenvalue weighted by atomic mass is 16.5. The van der Waals surface area contributed by atoms with E-state index in [-0.39, 0.29) is 11.8 Å². The van der Waals surface area contributed by atoms with Crippen LogP contribution in [0.3, 0.4) is 0 Å². The lowest BCUT2D eigenvalue weighted by Gasteiger charge is -2.31. The fraction of sp³-hybridized carbons (Fsp3) is 0.318. The molecule has 2 heterocycles. The van der Waals surface area contributed by atoms with E-state index in [1.165, 1.54) is 0 Å². The lowest BCUT2D eigenvalue weighted by atomic mass is 9.97. The van der Waals surface area contributed by atoms with E-state index in [0.29, 0.717) is 35.3 Å². The molecule has 1 fully saturated rings. The summed E-state index contributed by atoms with van der Waals surface area (Å²) in [5.41, 5.74) is 1.48. The minimum absolute atomic E-state index is 0.0257. The van der Waals surface area contributed by atoms with Gasteiger partial charge < -0.3 is 18.9 Å². The molecule has 1 saturated heterocycles. The fourth-order valence-corrected chi connectivity index (χ4v) is 3.62. The van der Waals surface area contributed by atoms with Crippen LogP contribution in [0.5, 0.6) is 11.5 Å². The summed E-state index contributed by atoms with van der Waals surface area (Å²) in [6.45, 7) is 1.31. The number of methoxy groups -OCH3 is 2. The highest BCUT2D eigenvalue weighted by Crippen LogP contribution is 2.33. The molecule has 0 spiro atoms. The number of rotatable bonds is 5.